The Hall–Kier alpha value is -1.26. The van der Waals surface area contributed by atoms with Gasteiger partial charge in [-0.15, -0.1) is 0 Å². The van der Waals surface area contributed by atoms with Crippen molar-refractivity contribution >= 4 is 15.9 Å². The molecule has 1 atom stereocenters. The lowest BCUT2D eigenvalue weighted by Crippen LogP contribution is -2.14. The van der Waals surface area contributed by atoms with Crippen LogP contribution in [-0.2, 0) is 6.42 Å². The van der Waals surface area contributed by atoms with Crippen LogP contribution in [-0.4, -0.2) is 4.98 Å². The molecule has 0 aliphatic carbocycles. The highest BCUT2D eigenvalue weighted by Crippen LogP contribution is 2.24. The van der Waals surface area contributed by atoms with Crippen molar-refractivity contribution in [3.05, 3.63) is 63.6 Å². The molecule has 0 bridgehead atoms. The van der Waals surface area contributed by atoms with Gasteiger partial charge < -0.3 is 5.73 Å². The summed E-state index contributed by atoms with van der Waals surface area (Å²) in [7, 11) is 0. The van der Waals surface area contributed by atoms with Crippen LogP contribution in [0.5, 0.6) is 0 Å². The van der Waals surface area contributed by atoms with Crippen LogP contribution in [0.4, 0.5) is 4.39 Å². The molecule has 0 aliphatic heterocycles. The van der Waals surface area contributed by atoms with Crippen LogP contribution in [0.1, 0.15) is 22.7 Å². The van der Waals surface area contributed by atoms with Gasteiger partial charge in [-0.05, 0) is 52.0 Å². The zero-order chi connectivity index (χ0) is 13.1. The number of halogens is 2. The van der Waals surface area contributed by atoms with Gasteiger partial charge in [0.2, 0.25) is 0 Å². The number of pyridine rings is 1. The molecule has 0 saturated heterocycles. The maximum Gasteiger partial charge on any atom is 0.137 e. The van der Waals surface area contributed by atoms with Crippen LogP contribution in [0.3, 0.4) is 0 Å². The van der Waals surface area contributed by atoms with Gasteiger partial charge in [0.1, 0.15) is 5.82 Å². The van der Waals surface area contributed by atoms with Crippen LogP contribution >= 0.6 is 15.9 Å². The lowest BCUT2D eigenvalue weighted by molar-refractivity contribution is 0.614. The highest BCUT2D eigenvalue weighted by Gasteiger charge is 2.12. The van der Waals surface area contributed by atoms with Crippen LogP contribution in [0.2, 0.25) is 0 Å². The molecule has 18 heavy (non-hydrogen) atoms. The van der Waals surface area contributed by atoms with E-state index in [9.17, 15) is 4.39 Å². The number of hydrogen-bond acceptors (Lipinski definition) is 2. The molecule has 0 aliphatic rings. The zero-order valence-corrected chi connectivity index (χ0v) is 11.6. The van der Waals surface area contributed by atoms with Gasteiger partial charge in [0, 0.05) is 18.4 Å². The molecule has 1 unspecified atom stereocenters. The van der Waals surface area contributed by atoms with Crippen molar-refractivity contribution in [3.8, 4) is 0 Å². The standard InChI is InChI=1S/C14H14BrFN2/c1-9-5-11(8-18-7-9)13(17)6-10-3-2-4-12(16)14(10)15/h2-5,7-8,13H,6,17H2,1H3. The number of nitrogens with two attached hydrogens (primary N) is 1. The minimum Gasteiger partial charge on any atom is -0.324 e. The number of benzene rings is 1. The second-order valence-electron chi connectivity index (χ2n) is 4.32. The number of rotatable bonds is 3. The first-order valence-electron chi connectivity index (χ1n) is 5.68. The van der Waals surface area contributed by atoms with E-state index in [0.29, 0.717) is 10.9 Å². The van der Waals surface area contributed by atoms with E-state index < -0.39 is 0 Å². The second kappa shape index (κ2) is 5.59. The lowest BCUT2D eigenvalue weighted by Gasteiger charge is -2.13. The third-order valence-corrected chi connectivity index (χ3v) is 3.68. The van der Waals surface area contributed by atoms with E-state index in [4.69, 9.17) is 5.73 Å². The average Bonchev–Trinajstić information content (AvgIpc) is 2.35. The molecule has 2 N–H and O–H groups in total. The Bertz CT molecular complexity index is 557. The molecule has 2 aromatic rings. The number of aryl methyl sites for hydroxylation is 1. The summed E-state index contributed by atoms with van der Waals surface area (Å²) in [4.78, 5) is 4.12. The maximum absolute atomic E-state index is 13.4. The second-order valence-corrected chi connectivity index (χ2v) is 5.11. The van der Waals surface area contributed by atoms with Crippen LogP contribution in [0, 0.1) is 12.7 Å². The zero-order valence-electron chi connectivity index (χ0n) is 10.0. The lowest BCUT2D eigenvalue weighted by atomic mass is 10.0. The molecule has 94 valence electrons. The first-order valence-corrected chi connectivity index (χ1v) is 6.47. The molecule has 0 spiro atoms. The third kappa shape index (κ3) is 2.94. The Morgan fingerprint density at radius 1 is 1.39 bits per heavy atom. The summed E-state index contributed by atoms with van der Waals surface area (Å²) in [6, 6.07) is 6.81. The summed E-state index contributed by atoms with van der Waals surface area (Å²) in [5.74, 6) is -0.262. The molecule has 0 amide bonds. The van der Waals surface area contributed by atoms with Crippen molar-refractivity contribution < 1.29 is 4.39 Å². The summed E-state index contributed by atoms with van der Waals surface area (Å²) >= 11 is 3.25. The monoisotopic (exact) mass is 308 g/mol. The van der Waals surface area contributed by atoms with E-state index in [0.717, 1.165) is 16.7 Å². The minimum absolute atomic E-state index is 0.185. The minimum atomic E-state index is -0.262. The van der Waals surface area contributed by atoms with Gasteiger partial charge in [-0.3, -0.25) is 4.98 Å². The van der Waals surface area contributed by atoms with E-state index in [2.05, 4.69) is 20.9 Å². The molecule has 4 heteroatoms. The molecular weight excluding hydrogens is 295 g/mol. The van der Waals surface area contributed by atoms with Gasteiger partial charge >= 0.3 is 0 Å². The molecule has 0 fully saturated rings. The van der Waals surface area contributed by atoms with Crippen molar-refractivity contribution in [1.29, 1.82) is 0 Å². The fraction of sp³-hybridized carbons (Fsp3) is 0.214. The highest BCUT2D eigenvalue weighted by atomic mass is 79.9. The molecule has 1 aromatic carbocycles. The molecule has 1 aromatic heterocycles. The first-order chi connectivity index (χ1) is 8.58. The molecule has 0 radical (unpaired) electrons. The molecule has 1 heterocycles. The summed E-state index contributed by atoms with van der Waals surface area (Å²) in [5, 5.41) is 0. The van der Waals surface area contributed by atoms with Crippen molar-refractivity contribution in [3.63, 3.8) is 0 Å². The molecule has 0 saturated carbocycles. The molecule has 2 rings (SSSR count). The van der Waals surface area contributed by atoms with Crippen molar-refractivity contribution in [2.45, 2.75) is 19.4 Å². The Morgan fingerprint density at radius 2 is 2.17 bits per heavy atom. The number of hydrogen-bond donors (Lipinski definition) is 1. The van der Waals surface area contributed by atoms with E-state index >= 15 is 0 Å². The van der Waals surface area contributed by atoms with E-state index in [-0.39, 0.29) is 11.9 Å². The average molecular weight is 309 g/mol. The van der Waals surface area contributed by atoms with Crippen molar-refractivity contribution in [1.82, 2.24) is 4.98 Å². The first kappa shape index (κ1) is 13.2. The molecule has 2 nitrogen and oxygen atoms in total. The van der Waals surface area contributed by atoms with E-state index in [1.54, 1.807) is 18.5 Å². The Balaban J connectivity index is 2.21. The van der Waals surface area contributed by atoms with Crippen molar-refractivity contribution in [2.24, 2.45) is 5.73 Å². The highest BCUT2D eigenvalue weighted by molar-refractivity contribution is 9.10. The van der Waals surface area contributed by atoms with Gasteiger partial charge in [-0.1, -0.05) is 18.2 Å². The van der Waals surface area contributed by atoms with Crippen LogP contribution in [0.15, 0.2) is 41.1 Å². The Kier molecular flexibility index (Phi) is 4.09. The fourth-order valence-corrected chi connectivity index (χ4v) is 2.27. The molecular formula is C14H14BrFN2. The smallest absolute Gasteiger partial charge is 0.137 e. The predicted octanol–water partition coefficient (Wildman–Crippen LogP) is 3.53. The summed E-state index contributed by atoms with van der Waals surface area (Å²) in [6.07, 6.45) is 4.11. The van der Waals surface area contributed by atoms with Gasteiger partial charge in [0.15, 0.2) is 0 Å². The normalized spacial score (nSPS) is 12.4. The predicted molar refractivity (Wildman–Crippen MR) is 73.7 cm³/mol. The van der Waals surface area contributed by atoms with Gasteiger partial charge in [-0.25, -0.2) is 4.39 Å². The number of aromatic nitrogens is 1. The topological polar surface area (TPSA) is 38.9 Å². The summed E-state index contributed by atoms with van der Waals surface area (Å²) in [5.41, 5.74) is 9.03. The SMILES string of the molecule is Cc1cncc(C(N)Cc2cccc(F)c2Br)c1. The quantitative estimate of drug-likeness (QED) is 0.942. The van der Waals surface area contributed by atoms with E-state index in [1.807, 2.05) is 19.1 Å². The van der Waals surface area contributed by atoms with Gasteiger partial charge in [0.25, 0.3) is 0 Å². The summed E-state index contributed by atoms with van der Waals surface area (Å²) < 4.78 is 13.9. The van der Waals surface area contributed by atoms with Crippen LogP contribution in [0.25, 0.3) is 0 Å². The summed E-state index contributed by atoms with van der Waals surface area (Å²) in [6.45, 7) is 1.97. The van der Waals surface area contributed by atoms with E-state index in [1.165, 1.54) is 6.07 Å². The van der Waals surface area contributed by atoms with Gasteiger partial charge in [0.05, 0.1) is 4.47 Å². The largest absolute Gasteiger partial charge is 0.324 e. The van der Waals surface area contributed by atoms with Gasteiger partial charge in [-0.2, -0.15) is 0 Å². The maximum atomic E-state index is 13.4. The Labute approximate surface area is 114 Å². The van der Waals surface area contributed by atoms with Crippen molar-refractivity contribution in [2.75, 3.05) is 0 Å². The fourth-order valence-electron chi connectivity index (χ4n) is 1.84. The van der Waals surface area contributed by atoms with Crippen LogP contribution < -0.4 is 5.73 Å². The Morgan fingerprint density at radius 3 is 2.89 bits per heavy atom. The third-order valence-electron chi connectivity index (χ3n) is 2.80. The number of nitrogens with zero attached hydrogens (tertiary/aromatic N) is 1.